The van der Waals surface area contributed by atoms with Crippen molar-refractivity contribution >= 4 is 16.1 Å². The van der Waals surface area contributed by atoms with Crippen LogP contribution in [0.15, 0.2) is 12.2 Å². The minimum absolute atomic E-state index is 0.197. The van der Waals surface area contributed by atoms with Gasteiger partial charge in [-0.05, 0) is 19.8 Å². The van der Waals surface area contributed by atoms with E-state index in [-0.39, 0.29) is 12.1 Å². The van der Waals surface area contributed by atoms with Gasteiger partial charge in [-0.2, -0.15) is 8.42 Å². The number of ether oxygens (including phenoxy) is 1. The zero-order valence-corrected chi connectivity index (χ0v) is 12.6. The lowest BCUT2D eigenvalue weighted by Crippen LogP contribution is -2.41. The minimum atomic E-state index is -4.19. The largest absolute Gasteiger partial charge is 0.456 e. The first kappa shape index (κ1) is 17.1. The Morgan fingerprint density at radius 3 is 2.50 bits per heavy atom. The van der Waals surface area contributed by atoms with E-state index in [1.165, 1.54) is 13.3 Å². The molecule has 0 saturated heterocycles. The molecule has 2 N–H and O–H groups in total. The lowest BCUT2D eigenvalue weighted by Gasteiger charge is -2.25. The van der Waals surface area contributed by atoms with Crippen LogP contribution in [0.3, 0.4) is 0 Å². The van der Waals surface area contributed by atoms with E-state index in [0.717, 1.165) is 25.7 Å². The van der Waals surface area contributed by atoms with Crippen LogP contribution < -0.4 is 5.32 Å². The third-order valence-electron chi connectivity index (χ3n) is 3.26. The highest BCUT2D eigenvalue weighted by Crippen LogP contribution is 2.17. The number of carbonyl (C=O) groups is 1. The molecule has 0 aromatic carbocycles. The van der Waals surface area contributed by atoms with E-state index in [1.807, 2.05) is 0 Å². The first-order valence-corrected chi connectivity index (χ1v) is 8.44. The molecule has 1 saturated carbocycles. The summed E-state index contributed by atoms with van der Waals surface area (Å²) >= 11 is 0. The van der Waals surface area contributed by atoms with Gasteiger partial charge in [0, 0.05) is 18.2 Å². The van der Waals surface area contributed by atoms with E-state index < -0.39 is 27.9 Å². The van der Waals surface area contributed by atoms with Gasteiger partial charge in [-0.15, -0.1) is 0 Å². The molecule has 0 amide bonds. The molecule has 6 nitrogen and oxygen atoms in total. The third kappa shape index (κ3) is 7.02. The zero-order chi connectivity index (χ0) is 15.2. The summed E-state index contributed by atoms with van der Waals surface area (Å²) in [5, 5.41) is 3.21. The summed E-state index contributed by atoms with van der Waals surface area (Å²) < 4.78 is 35.9. The van der Waals surface area contributed by atoms with Crippen molar-refractivity contribution in [3.05, 3.63) is 12.2 Å². The molecule has 0 aliphatic heterocycles. The Kier molecular flexibility index (Phi) is 6.64. The number of rotatable bonds is 7. The van der Waals surface area contributed by atoms with Crippen LogP contribution in [0.4, 0.5) is 0 Å². The molecule has 1 aliphatic carbocycles. The fraction of sp³-hybridized carbons (Fsp3) is 0.769. The molecule has 0 spiro atoms. The van der Waals surface area contributed by atoms with Crippen LogP contribution in [0.1, 0.15) is 39.0 Å². The lowest BCUT2D eigenvalue weighted by molar-refractivity contribution is -0.143. The Labute approximate surface area is 120 Å². The second-order valence-electron chi connectivity index (χ2n) is 5.30. The van der Waals surface area contributed by atoms with E-state index in [9.17, 15) is 13.2 Å². The highest BCUT2D eigenvalue weighted by atomic mass is 32.2. The molecule has 20 heavy (non-hydrogen) atoms. The van der Waals surface area contributed by atoms with E-state index >= 15 is 0 Å². The minimum Gasteiger partial charge on any atom is -0.456 e. The Balaban J connectivity index is 2.52. The average Bonchev–Trinajstić information content (AvgIpc) is 2.35. The summed E-state index contributed by atoms with van der Waals surface area (Å²) in [7, 11) is -4.19. The third-order valence-corrected chi connectivity index (χ3v) is 4.05. The molecule has 0 heterocycles. The normalized spacial score (nSPS) is 18.5. The van der Waals surface area contributed by atoms with Gasteiger partial charge in [0.05, 0.1) is 0 Å². The van der Waals surface area contributed by atoms with Gasteiger partial charge in [0.15, 0.2) is 0 Å². The molecule has 1 rings (SSSR count). The summed E-state index contributed by atoms with van der Waals surface area (Å²) in [6, 6.07) is 0.316. The molecular formula is C13H23NO5S. The smallest absolute Gasteiger partial charge is 0.333 e. The molecule has 0 aromatic heterocycles. The average molecular weight is 305 g/mol. The Bertz CT molecular complexity index is 440. The number of hydrogen-bond acceptors (Lipinski definition) is 5. The van der Waals surface area contributed by atoms with E-state index in [4.69, 9.17) is 9.29 Å². The summed E-state index contributed by atoms with van der Waals surface area (Å²) in [6.07, 6.45) is 4.67. The SMILES string of the molecule is C=C(C)C(=O)OC(CNC1CCCCC1)CS(=O)(=O)O. The van der Waals surface area contributed by atoms with Crippen molar-refractivity contribution in [1.82, 2.24) is 5.32 Å². The van der Waals surface area contributed by atoms with E-state index in [0.29, 0.717) is 6.04 Å². The molecule has 0 aromatic rings. The fourth-order valence-electron chi connectivity index (χ4n) is 2.23. The maximum absolute atomic E-state index is 11.5. The molecule has 1 atom stereocenters. The summed E-state index contributed by atoms with van der Waals surface area (Å²) in [4.78, 5) is 11.5. The van der Waals surface area contributed by atoms with Crippen molar-refractivity contribution in [3.8, 4) is 0 Å². The van der Waals surface area contributed by atoms with Gasteiger partial charge in [0.1, 0.15) is 11.9 Å². The molecule has 1 fully saturated rings. The number of esters is 1. The molecule has 1 unspecified atom stereocenters. The molecule has 1 aliphatic rings. The van der Waals surface area contributed by atoms with E-state index in [1.54, 1.807) is 0 Å². The monoisotopic (exact) mass is 305 g/mol. The topological polar surface area (TPSA) is 92.7 Å². The van der Waals surface area contributed by atoms with Crippen LogP contribution in [0.5, 0.6) is 0 Å². The van der Waals surface area contributed by atoms with Gasteiger partial charge in [-0.25, -0.2) is 4.79 Å². The Hall–Kier alpha value is -0.920. The van der Waals surface area contributed by atoms with Crippen LogP contribution >= 0.6 is 0 Å². The number of nitrogens with one attached hydrogen (secondary N) is 1. The van der Waals surface area contributed by atoms with Gasteiger partial charge in [0.25, 0.3) is 10.1 Å². The van der Waals surface area contributed by atoms with Crippen LogP contribution in [0.2, 0.25) is 0 Å². The lowest BCUT2D eigenvalue weighted by atomic mass is 9.95. The number of hydrogen-bond donors (Lipinski definition) is 2. The maximum atomic E-state index is 11.5. The van der Waals surface area contributed by atoms with Gasteiger partial charge in [0.2, 0.25) is 0 Å². The predicted octanol–water partition coefficient (Wildman–Crippen LogP) is 1.28. The summed E-state index contributed by atoms with van der Waals surface area (Å²) in [6.45, 7) is 5.15. The second kappa shape index (κ2) is 7.75. The van der Waals surface area contributed by atoms with Crippen LogP contribution in [-0.4, -0.2) is 43.4 Å². The Morgan fingerprint density at radius 2 is 2.00 bits per heavy atom. The van der Waals surface area contributed by atoms with Gasteiger partial charge in [-0.1, -0.05) is 25.8 Å². The van der Waals surface area contributed by atoms with Crippen molar-refractivity contribution in [3.63, 3.8) is 0 Å². The van der Waals surface area contributed by atoms with Crippen molar-refractivity contribution in [2.75, 3.05) is 12.3 Å². The van der Waals surface area contributed by atoms with Gasteiger partial charge in [-0.3, -0.25) is 4.55 Å². The van der Waals surface area contributed by atoms with Crippen LogP contribution in [0, 0.1) is 0 Å². The number of carbonyl (C=O) groups excluding carboxylic acids is 1. The fourth-order valence-corrected chi connectivity index (χ4v) is 2.88. The quantitative estimate of drug-likeness (QED) is 0.418. The van der Waals surface area contributed by atoms with Gasteiger partial charge < -0.3 is 10.1 Å². The summed E-state index contributed by atoms with van der Waals surface area (Å²) in [5.74, 6) is -1.25. The van der Waals surface area contributed by atoms with Gasteiger partial charge >= 0.3 is 5.97 Å². The van der Waals surface area contributed by atoms with Crippen molar-refractivity contribution < 1.29 is 22.5 Å². The molecular weight excluding hydrogens is 282 g/mol. The highest BCUT2D eigenvalue weighted by molar-refractivity contribution is 7.85. The predicted molar refractivity (Wildman–Crippen MR) is 76.0 cm³/mol. The van der Waals surface area contributed by atoms with Crippen molar-refractivity contribution in [1.29, 1.82) is 0 Å². The first-order chi connectivity index (χ1) is 9.28. The zero-order valence-electron chi connectivity index (χ0n) is 11.8. The van der Waals surface area contributed by atoms with Crippen LogP contribution in [-0.2, 0) is 19.6 Å². The highest BCUT2D eigenvalue weighted by Gasteiger charge is 2.23. The van der Waals surface area contributed by atoms with Crippen molar-refractivity contribution in [2.45, 2.75) is 51.2 Å². The maximum Gasteiger partial charge on any atom is 0.333 e. The molecule has 0 bridgehead atoms. The van der Waals surface area contributed by atoms with Crippen LogP contribution in [0.25, 0.3) is 0 Å². The van der Waals surface area contributed by atoms with Crippen molar-refractivity contribution in [2.24, 2.45) is 0 Å². The molecule has 7 heteroatoms. The first-order valence-electron chi connectivity index (χ1n) is 6.83. The van der Waals surface area contributed by atoms with E-state index in [2.05, 4.69) is 11.9 Å². The molecule has 0 radical (unpaired) electrons. The molecule has 116 valence electrons. The Morgan fingerprint density at radius 1 is 1.40 bits per heavy atom. The second-order valence-corrected chi connectivity index (χ2v) is 6.80. The standard InChI is InChI=1S/C13H23NO5S/c1-10(2)13(15)19-12(9-20(16,17)18)8-14-11-6-4-3-5-7-11/h11-12,14H,1,3-9H2,2H3,(H,16,17,18). The summed E-state index contributed by atoms with van der Waals surface area (Å²) in [5.41, 5.74) is 0.197.